The van der Waals surface area contributed by atoms with Gasteiger partial charge in [-0.25, -0.2) is 0 Å². The molecule has 0 radical (unpaired) electrons. The van der Waals surface area contributed by atoms with Crippen LogP contribution < -0.4 is 0 Å². The molecule has 0 amide bonds. The SMILES string of the molecule is C=[C](C)[Co](=[O])[CH2][SiH2]Cl. The van der Waals surface area contributed by atoms with Crippen LogP contribution in [0.4, 0.5) is 0 Å². The van der Waals surface area contributed by atoms with Gasteiger partial charge in [-0.05, 0) is 0 Å². The van der Waals surface area contributed by atoms with Crippen LogP contribution in [-0.2, 0) is 17.5 Å². The molecule has 0 saturated carbocycles. The van der Waals surface area contributed by atoms with E-state index in [9.17, 15) is 3.87 Å². The molecule has 0 atom stereocenters. The molecule has 0 bridgehead atoms. The molecule has 51 valence electrons. The van der Waals surface area contributed by atoms with E-state index in [2.05, 4.69) is 6.58 Å². The van der Waals surface area contributed by atoms with Crippen LogP contribution >= 0.6 is 11.1 Å². The third-order valence-corrected chi connectivity index (χ3v) is 5.52. The first-order valence-corrected chi connectivity index (χ1v) is 6.98. The van der Waals surface area contributed by atoms with Crippen LogP contribution in [0.5, 0.6) is 0 Å². The summed E-state index contributed by atoms with van der Waals surface area (Å²) in [7, 11) is -0.550. The van der Waals surface area contributed by atoms with Crippen LogP contribution in [0.3, 0.4) is 0 Å². The second kappa shape index (κ2) is 4.43. The molecule has 0 saturated heterocycles. The Bertz CT molecular complexity index is 115. The van der Waals surface area contributed by atoms with Crippen molar-refractivity contribution >= 4 is 19.9 Å². The number of hydrogen-bond donors (Lipinski definition) is 0. The molecule has 0 N–H and O–H groups in total. The normalized spacial score (nSPS) is 12.5. The molecule has 8 heavy (non-hydrogen) atoms. The van der Waals surface area contributed by atoms with Gasteiger partial charge in [-0.15, -0.1) is 0 Å². The van der Waals surface area contributed by atoms with E-state index < -0.39 is 22.4 Å². The summed E-state index contributed by atoms with van der Waals surface area (Å²) in [6.07, 6.45) is 0. The van der Waals surface area contributed by atoms with Gasteiger partial charge in [0.2, 0.25) is 0 Å². The van der Waals surface area contributed by atoms with Gasteiger partial charge >= 0.3 is 60.3 Å². The maximum atomic E-state index is 10.7. The Labute approximate surface area is 60.6 Å². The van der Waals surface area contributed by atoms with Gasteiger partial charge in [-0.2, -0.15) is 0 Å². The van der Waals surface area contributed by atoms with Crippen molar-refractivity contribution in [2.45, 2.75) is 11.9 Å². The van der Waals surface area contributed by atoms with E-state index in [1.54, 1.807) is 6.92 Å². The van der Waals surface area contributed by atoms with Crippen LogP contribution in [0, 0.1) is 0 Å². The van der Waals surface area contributed by atoms with Crippen molar-refractivity contribution in [3.8, 4) is 0 Å². The average molecular weight is 196 g/mol. The fourth-order valence-corrected chi connectivity index (χ4v) is 3.88. The van der Waals surface area contributed by atoms with Gasteiger partial charge in [-0.3, -0.25) is 0 Å². The van der Waals surface area contributed by atoms with Gasteiger partial charge < -0.3 is 0 Å². The van der Waals surface area contributed by atoms with Gasteiger partial charge in [0, 0.05) is 0 Å². The summed E-state index contributed by atoms with van der Waals surface area (Å²) in [5.41, 5.74) is 0. The first kappa shape index (κ1) is 8.55. The Morgan fingerprint density at radius 2 is 2.50 bits per heavy atom. The molecule has 1 nitrogen and oxygen atoms in total. The van der Waals surface area contributed by atoms with Gasteiger partial charge in [0.1, 0.15) is 0 Å². The van der Waals surface area contributed by atoms with Crippen LogP contribution in [0.2, 0.25) is 4.98 Å². The van der Waals surface area contributed by atoms with E-state index in [4.69, 9.17) is 11.1 Å². The Hall–Kier alpha value is 0.553. The summed E-state index contributed by atoms with van der Waals surface area (Å²) in [6, 6.07) is 0. The maximum absolute atomic E-state index is 10.7. The zero-order valence-electron chi connectivity index (χ0n) is 4.74. The van der Waals surface area contributed by atoms with Crippen LogP contribution in [-0.4, -0.2) is 8.83 Å². The zero-order valence-corrected chi connectivity index (χ0v) is 7.95. The van der Waals surface area contributed by atoms with E-state index >= 15 is 0 Å². The van der Waals surface area contributed by atoms with Crippen LogP contribution in [0.15, 0.2) is 11.1 Å². The molecule has 0 aromatic carbocycles. The Balaban J connectivity index is 3.49. The van der Waals surface area contributed by atoms with Gasteiger partial charge in [-0.1, -0.05) is 0 Å². The average Bonchev–Trinajstić information content (AvgIpc) is 1.67. The van der Waals surface area contributed by atoms with E-state index in [0.29, 0.717) is 4.98 Å². The summed E-state index contributed by atoms with van der Waals surface area (Å²) in [5, 5.41) is 0. The number of halogens is 1. The van der Waals surface area contributed by atoms with Crippen molar-refractivity contribution in [2.24, 2.45) is 0 Å². The van der Waals surface area contributed by atoms with Crippen LogP contribution in [0.25, 0.3) is 0 Å². The molecule has 0 aromatic heterocycles. The van der Waals surface area contributed by atoms with E-state index in [0.717, 1.165) is 4.51 Å². The Morgan fingerprint density at radius 3 is 2.62 bits per heavy atom. The van der Waals surface area contributed by atoms with Crippen molar-refractivity contribution in [3.63, 3.8) is 0 Å². The fourth-order valence-electron chi connectivity index (χ4n) is 0.199. The van der Waals surface area contributed by atoms with Crippen molar-refractivity contribution in [1.82, 2.24) is 0 Å². The summed E-state index contributed by atoms with van der Waals surface area (Å²) in [4.78, 5) is 0.698. The molecule has 0 spiro atoms. The molecule has 0 fully saturated rings. The predicted octanol–water partition coefficient (Wildman–Crippen LogP) is 1.18. The third kappa shape index (κ3) is 3.54. The molecular weight excluding hydrogens is 187 g/mol. The molecule has 0 heterocycles. The number of rotatable bonds is 3. The second-order valence-corrected chi connectivity index (χ2v) is 6.45. The van der Waals surface area contributed by atoms with E-state index in [1.165, 1.54) is 0 Å². The van der Waals surface area contributed by atoms with Gasteiger partial charge in [0.15, 0.2) is 0 Å². The summed E-state index contributed by atoms with van der Waals surface area (Å²) >= 11 is 4.32. The Kier molecular flexibility index (Phi) is 4.74. The molecule has 4 heteroatoms. The minimum atomic E-state index is -1.13. The molecule has 0 aliphatic heterocycles. The quantitative estimate of drug-likeness (QED) is 0.488. The third-order valence-electron chi connectivity index (χ3n) is 0.532. The molecule has 0 rings (SSSR count). The van der Waals surface area contributed by atoms with E-state index in [-0.39, 0.29) is 0 Å². The molecule has 0 aliphatic carbocycles. The van der Waals surface area contributed by atoms with Gasteiger partial charge in [0.25, 0.3) is 0 Å². The fraction of sp³-hybridized carbons (Fsp3) is 0.500. The topological polar surface area (TPSA) is 17.1 Å². The first-order chi connectivity index (χ1) is 3.68. The van der Waals surface area contributed by atoms with Crippen molar-refractivity contribution < 1.29 is 17.5 Å². The van der Waals surface area contributed by atoms with Crippen LogP contribution in [0.1, 0.15) is 6.92 Å². The summed E-state index contributed by atoms with van der Waals surface area (Å²) in [6.45, 7) is 5.33. The predicted molar refractivity (Wildman–Crippen MR) is 34.7 cm³/mol. The first-order valence-electron chi connectivity index (χ1n) is 2.16. The second-order valence-electron chi connectivity index (χ2n) is 1.28. The number of allylic oxidation sites excluding steroid dienone is 1. The van der Waals surface area contributed by atoms with Crippen molar-refractivity contribution in [3.05, 3.63) is 11.1 Å². The minimum absolute atomic E-state index is 0.550. The molecule has 0 aliphatic rings. The monoisotopic (exact) mass is 195 g/mol. The molecular formula is C4H9ClCoOSi. The molecule has 0 unspecified atom stereocenters. The molecule has 0 aromatic rings. The number of hydrogen-bond acceptors (Lipinski definition) is 1. The van der Waals surface area contributed by atoms with Crippen molar-refractivity contribution in [2.75, 3.05) is 0 Å². The van der Waals surface area contributed by atoms with Crippen molar-refractivity contribution in [1.29, 1.82) is 0 Å². The summed E-state index contributed by atoms with van der Waals surface area (Å²) < 4.78 is 11.5. The van der Waals surface area contributed by atoms with E-state index in [1.807, 2.05) is 0 Å². The standard InChI is InChI=1S/C3H5.CH4ClSi.Co.O/c2*1-3-2;;/h1H2,2H3;1,3H2;;. The summed E-state index contributed by atoms with van der Waals surface area (Å²) in [5.74, 6) is 0. The zero-order chi connectivity index (χ0) is 6.57. The van der Waals surface area contributed by atoms with Gasteiger partial charge in [0.05, 0.1) is 0 Å². The Morgan fingerprint density at radius 1 is 2.00 bits per heavy atom.